The average molecular weight is 418 g/mol. The molecule has 0 aliphatic heterocycles. The van der Waals surface area contributed by atoms with Gasteiger partial charge in [0.05, 0.1) is 6.10 Å². The van der Waals surface area contributed by atoms with Crippen LogP contribution in [0.5, 0.6) is 0 Å². The SMILES string of the molecule is CC(C)NC(=O)CC[C@@H](C)C1CCC2C3CCC4C[C@H](O)CC[C@]4(C)C3CC[C@@]21C. The first-order valence-electron chi connectivity index (χ1n) is 13.1. The van der Waals surface area contributed by atoms with Gasteiger partial charge in [0.2, 0.25) is 5.91 Å². The quantitative estimate of drug-likeness (QED) is 0.581. The van der Waals surface area contributed by atoms with Crippen molar-refractivity contribution in [2.24, 2.45) is 46.3 Å². The Hall–Kier alpha value is -0.570. The Balaban J connectivity index is 1.43. The summed E-state index contributed by atoms with van der Waals surface area (Å²) in [6.07, 6.45) is 13.3. The molecule has 0 aromatic rings. The Morgan fingerprint density at radius 2 is 1.67 bits per heavy atom. The van der Waals surface area contributed by atoms with E-state index in [-0.39, 0.29) is 18.1 Å². The molecular weight excluding hydrogens is 370 g/mol. The van der Waals surface area contributed by atoms with Crippen LogP contribution < -0.4 is 5.32 Å². The summed E-state index contributed by atoms with van der Waals surface area (Å²) >= 11 is 0. The lowest BCUT2D eigenvalue weighted by atomic mass is 9.44. The van der Waals surface area contributed by atoms with Crippen molar-refractivity contribution in [1.29, 1.82) is 0 Å². The third kappa shape index (κ3) is 3.86. The molecule has 4 fully saturated rings. The number of hydrogen-bond donors (Lipinski definition) is 2. The Morgan fingerprint density at radius 1 is 0.967 bits per heavy atom. The van der Waals surface area contributed by atoms with Crippen molar-refractivity contribution in [3.63, 3.8) is 0 Å². The van der Waals surface area contributed by atoms with Gasteiger partial charge in [-0.25, -0.2) is 0 Å². The van der Waals surface area contributed by atoms with E-state index in [2.05, 4.69) is 26.1 Å². The molecule has 9 atom stereocenters. The molecule has 4 aliphatic carbocycles. The standard InChI is InChI=1S/C27H47NO2/c1-17(2)28-25(30)11-6-18(3)22-9-10-23-21-8-7-19-16-20(29)12-14-26(19,4)24(21)13-15-27(22,23)5/h17-24,29H,6-16H2,1-5H3,(H,28,30)/t18-,19?,20-,21?,22?,23?,24?,26+,27-/m1/s1. The Morgan fingerprint density at radius 3 is 2.40 bits per heavy atom. The minimum atomic E-state index is -0.0434. The van der Waals surface area contributed by atoms with Crippen molar-refractivity contribution in [3.05, 3.63) is 0 Å². The number of carbonyl (C=O) groups is 1. The first-order chi connectivity index (χ1) is 14.1. The van der Waals surface area contributed by atoms with Crippen LogP contribution >= 0.6 is 0 Å². The highest BCUT2D eigenvalue weighted by molar-refractivity contribution is 5.76. The van der Waals surface area contributed by atoms with E-state index in [0.29, 0.717) is 23.2 Å². The first kappa shape index (κ1) is 22.6. The second-order valence-corrected chi connectivity index (χ2v) is 12.6. The van der Waals surface area contributed by atoms with Crippen molar-refractivity contribution in [1.82, 2.24) is 5.32 Å². The molecular formula is C27H47NO2. The van der Waals surface area contributed by atoms with Crippen molar-refractivity contribution >= 4 is 5.91 Å². The van der Waals surface area contributed by atoms with Crippen LogP contribution in [-0.4, -0.2) is 23.2 Å². The summed E-state index contributed by atoms with van der Waals surface area (Å²) < 4.78 is 0. The van der Waals surface area contributed by atoms with Gasteiger partial charge in [-0.1, -0.05) is 20.8 Å². The minimum Gasteiger partial charge on any atom is -0.393 e. The summed E-state index contributed by atoms with van der Waals surface area (Å²) in [4.78, 5) is 12.2. The second-order valence-electron chi connectivity index (χ2n) is 12.6. The van der Waals surface area contributed by atoms with Crippen LogP contribution in [0.4, 0.5) is 0 Å². The van der Waals surface area contributed by atoms with Gasteiger partial charge < -0.3 is 10.4 Å². The number of carbonyl (C=O) groups excluding carboxylic acids is 1. The summed E-state index contributed by atoms with van der Waals surface area (Å²) in [5.41, 5.74) is 0.953. The van der Waals surface area contributed by atoms with E-state index in [4.69, 9.17) is 0 Å². The summed E-state index contributed by atoms with van der Waals surface area (Å²) in [6, 6.07) is 0.244. The molecule has 5 unspecified atom stereocenters. The van der Waals surface area contributed by atoms with Crippen LogP contribution in [0.3, 0.4) is 0 Å². The molecule has 0 radical (unpaired) electrons. The Bertz CT molecular complexity index is 632. The van der Waals surface area contributed by atoms with Crippen LogP contribution in [0.15, 0.2) is 0 Å². The topological polar surface area (TPSA) is 49.3 Å². The molecule has 3 nitrogen and oxygen atoms in total. The molecule has 4 aliphatic rings. The van der Waals surface area contributed by atoms with Crippen LogP contribution in [0.25, 0.3) is 0 Å². The maximum atomic E-state index is 12.2. The van der Waals surface area contributed by atoms with Crippen LogP contribution in [0.1, 0.15) is 105 Å². The molecule has 0 spiro atoms. The molecule has 2 N–H and O–H groups in total. The van der Waals surface area contributed by atoms with Gasteiger partial charge in [-0.2, -0.15) is 0 Å². The maximum Gasteiger partial charge on any atom is 0.220 e. The van der Waals surface area contributed by atoms with Crippen LogP contribution in [-0.2, 0) is 4.79 Å². The zero-order valence-electron chi connectivity index (χ0n) is 20.3. The van der Waals surface area contributed by atoms with E-state index < -0.39 is 0 Å². The van der Waals surface area contributed by atoms with Gasteiger partial charge >= 0.3 is 0 Å². The van der Waals surface area contributed by atoms with Crippen LogP contribution in [0, 0.1) is 46.3 Å². The lowest BCUT2D eigenvalue weighted by molar-refractivity contribution is -0.130. The molecule has 0 saturated heterocycles. The molecule has 172 valence electrons. The van der Waals surface area contributed by atoms with Crippen molar-refractivity contribution in [2.45, 2.75) is 117 Å². The summed E-state index contributed by atoms with van der Waals surface area (Å²) in [7, 11) is 0. The summed E-state index contributed by atoms with van der Waals surface area (Å²) in [5, 5.41) is 13.3. The lowest BCUT2D eigenvalue weighted by Gasteiger charge is -2.61. The fraction of sp³-hybridized carbons (Fsp3) is 0.963. The highest BCUT2D eigenvalue weighted by Gasteiger charge is 2.60. The number of nitrogens with one attached hydrogen (secondary N) is 1. The van der Waals surface area contributed by atoms with E-state index >= 15 is 0 Å². The highest BCUT2D eigenvalue weighted by atomic mass is 16.3. The molecule has 0 aromatic heterocycles. The number of rotatable bonds is 5. The number of hydrogen-bond acceptors (Lipinski definition) is 2. The van der Waals surface area contributed by atoms with Crippen molar-refractivity contribution < 1.29 is 9.90 Å². The summed E-state index contributed by atoms with van der Waals surface area (Å²) in [5.74, 6) is 5.08. The zero-order valence-corrected chi connectivity index (χ0v) is 20.3. The predicted molar refractivity (Wildman–Crippen MR) is 123 cm³/mol. The van der Waals surface area contributed by atoms with E-state index in [0.717, 1.165) is 48.9 Å². The van der Waals surface area contributed by atoms with Gasteiger partial charge in [0.1, 0.15) is 0 Å². The average Bonchev–Trinajstić information content (AvgIpc) is 3.03. The number of amides is 1. The number of aliphatic hydroxyl groups is 1. The smallest absolute Gasteiger partial charge is 0.220 e. The molecule has 4 saturated carbocycles. The molecule has 1 amide bonds. The summed E-state index contributed by atoms with van der Waals surface area (Å²) in [6.45, 7) is 11.7. The van der Waals surface area contributed by atoms with E-state index in [1.165, 1.54) is 44.9 Å². The van der Waals surface area contributed by atoms with Gasteiger partial charge in [-0.15, -0.1) is 0 Å². The second kappa shape index (κ2) is 8.41. The maximum absolute atomic E-state index is 12.2. The van der Waals surface area contributed by atoms with E-state index in [9.17, 15) is 9.90 Å². The number of fused-ring (bicyclic) bond motifs is 5. The van der Waals surface area contributed by atoms with Gasteiger partial charge in [-0.3, -0.25) is 4.79 Å². The molecule has 0 heterocycles. The third-order valence-corrected chi connectivity index (χ3v) is 10.7. The molecule has 0 bridgehead atoms. The minimum absolute atomic E-state index is 0.0434. The monoisotopic (exact) mass is 417 g/mol. The van der Waals surface area contributed by atoms with E-state index in [1.807, 2.05) is 13.8 Å². The Labute approximate surface area is 185 Å². The normalized spacial score (nSPS) is 46.6. The van der Waals surface area contributed by atoms with Crippen molar-refractivity contribution in [2.75, 3.05) is 0 Å². The molecule has 4 rings (SSSR count). The van der Waals surface area contributed by atoms with E-state index in [1.54, 1.807) is 0 Å². The van der Waals surface area contributed by atoms with Crippen LogP contribution in [0.2, 0.25) is 0 Å². The highest BCUT2D eigenvalue weighted by Crippen LogP contribution is 2.68. The van der Waals surface area contributed by atoms with Gasteiger partial charge in [0.15, 0.2) is 0 Å². The fourth-order valence-electron chi connectivity index (χ4n) is 9.16. The fourth-order valence-corrected chi connectivity index (χ4v) is 9.16. The van der Waals surface area contributed by atoms with Gasteiger partial charge in [0.25, 0.3) is 0 Å². The lowest BCUT2D eigenvalue weighted by Crippen LogP contribution is -2.54. The first-order valence-corrected chi connectivity index (χ1v) is 13.1. The van der Waals surface area contributed by atoms with Gasteiger partial charge in [0, 0.05) is 12.5 Å². The van der Waals surface area contributed by atoms with Gasteiger partial charge in [-0.05, 0) is 124 Å². The molecule has 30 heavy (non-hydrogen) atoms. The zero-order chi connectivity index (χ0) is 21.7. The number of aliphatic hydroxyl groups excluding tert-OH is 1. The van der Waals surface area contributed by atoms with Crippen molar-refractivity contribution in [3.8, 4) is 0 Å². The molecule has 3 heteroatoms. The third-order valence-electron chi connectivity index (χ3n) is 10.7. The predicted octanol–water partition coefficient (Wildman–Crippen LogP) is 5.95. The molecule has 0 aromatic carbocycles. The largest absolute Gasteiger partial charge is 0.393 e. The Kier molecular flexibility index (Phi) is 6.34.